The minimum atomic E-state index is -2.49. The molecule has 3 nitrogen and oxygen atoms in total. The van der Waals surface area contributed by atoms with E-state index in [9.17, 15) is 13.6 Å². The van der Waals surface area contributed by atoms with Gasteiger partial charge in [-0.25, -0.2) is 8.78 Å². The van der Waals surface area contributed by atoms with Gasteiger partial charge in [0.1, 0.15) is 6.04 Å². The highest BCUT2D eigenvalue weighted by molar-refractivity contribution is 5.81. The predicted octanol–water partition coefficient (Wildman–Crippen LogP) is 2.15. The van der Waals surface area contributed by atoms with Crippen molar-refractivity contribution in [1.29, 1.82) is 0 Å². The molecule has 0 bridgehead atoms. The largest absolute Gasteiger partial charge is 0.368 e. The molecule has 1 aromatic carbocycles. The van der Waals surface area contributed by atoms with E-state index in [4.69, 9.17) is 5.73 Å². The molecule has 1 saturated carbocycles. The van der Waals surface area contributed by atoms with Crippen molar-refractivity contribution in [2.45, 2.75) is 25.3 Å². The molecule has 5 heteroatoms. The van der Waals surface area contributed by atoms with E-state index in [1.165, 1.54) is 37.1 Å². The van der Waals surface area contributed by atoms with Crippen LogP contribution in [0.3, 0.4) is 0 Å². The lowest BCUT2D eigenvalue weighted by Gasteiger charge is -2.16. The minimum absolute atomic E-state index is 0.0517. The van der Waals surface area contributed by atoms with E-state index in [0.29, 0.717) is 11.5 Å². The number of hydrogen-bond acceptors (Lipinski definition) is 2. The summed E-state index contributed by atoms with van der Waals surface area (Å²) in [5, 5.41) is 3.08. The lowest BCUT2D eigenvalue weighted by Crippen LogP contribution is -2.34. The number of carbonyl (C=O) groups is 1. The molecule has 0 spiro atoms. The number of rotatable bonds is 6. The molecule has 1 fully saturated rings. The van der Waals surface area contributed by atoms with Crippen LogP contribution in [-0.4, -0.2) is 12.5 Å². The standard InChI is InChI=1S/C13H16F2N2O/c14-12(15)10-5-3-9(4-6-10)11(13(16)18)17-7-8-1-2-8/h3-6,8,11-12,17H,1-2,7H2,(H2,16,18). The van der Waals surface area contributed by atoms with Gasteiger partial charge in [-0.15, -0.1) is 0 Å². The molecule has 1 unspecified atom stereocenters. The van der Waals surface area contributed by atoms with E-state index in [0.717, 1.165) is 6.54 Å². The third kappa shape index (κ3) is 3.26. The number of amides is 1. The first-order valence-electron chi connectivity index (χ1n) is 5.98. The molecule has 0 heterocycles. The van der Waals surface area contributed by atoms with Crippen LogP contribution in [0.1, 0.15) is 36.4 Å². The number of nitrogens with one attached hydrogen (secondary N) is 1. The second kappa shape index (κ2) is 5.44. The highest BCUT2D eigenvalue weighted by atomic mass is 19.3. The van der Waals surface area contributed by atoms with Crippen molar-refractivity contribution in [3.8, 4) is 0 Å². The number of carbonyl (C=O) groups excluding carboxylic acids is 1. The van der Waals surface area contributed by atoms with E-state index >= 15 is 0 Å². The first-order chi connectivity index (χ1) is 8.58. The number of alkyl halides is 2. The Morgan fingerprint density at radius 2 is 1.83 bits per heavy atom. The number of primary amides is 1. The smallest absolute Gasteiger partial charge is 0.263 e. The highest BCUT2D eigenvalue weighted by Gasteiger charge is 2.24. The molecule has 2 rings (SSSR count). The van der Waals surface area contributed by atoms with Gasteiger partial charge in [0.2, 0.25) is 5.91 Å². The molecule has 1 aliphatic carbocycles. The second-order valence-electron chi connectivity index (χ2n) is 4.65. The van der Waals surface area contributed by atoms with Crippen LogP contribution in [0.2, 0.25) is 0 Å². The predicted molar refractivity (Wildman–Crippen MR) is 64.1 cm³/mol. The molecule has 1 atom stereocenters. The number of nitrogens with two attached hydrogens (primary N) is 1. The normalized spacial score (nSPS) is 16.8. The van der Waals surface area contributed by atoms with Crippen LogP contribution in [-0.2, 0) is 4.79 Å². The van der Waals surface area contributed by atoms with Gasteiger partial charge in [-0.1, -0.05) is 24.3 Å². The molecule has 0 aromatic heterocycles. The van der Waals surface area contributed by atoms with Crippen LogP contribution < -0.4 is 11.1 Å². The third-order valence-electron chi connectivity index (χ3n) is 3.11. The first-order valence-corrected chi connectivity index (χ1v) is 5.98. The van der Waals surface area contributed by atoms with Gasteiger partial charge in [0.25, 0.3) is 6.43 Å². The van der Waals surface area contributed by atoms with Crippen molar-refractivity contribution in [3.63, 3.8) is 0 Å². The molecular formula is C13H16F2N2O. The van der Waals surface area contributed by atoms with E-state index in [1.54, 1.807) is 0 Å². The molecule has 3 N–H and O–H groups in total. The van der Waals surface area contributed by atoms with E-state index in [2.05, 4.69) is 5.32 Å². The maximum atomic E-state index is 12.4. The van der Waals surface area contributed by atoms with Gasteiger partial charge >= 0.3 is 0 Å². The zero-order valence-electron chi connectivity index (χ0n) is 9.90. The Morgan fingerprint density at radius 3 is 2.28 bits per heavy atom. The van der Waals surface area contributed by atoms with Crippen molar-refractivity contribution in [1.82, 2.24) is 5.32 Å². The fourth-order valence-electron chi connectivity index (χ4n) is 1.82. The summed E-state index contributed by atoms with van der Waals surface area (Å²) >= 11 is 0. The van der Waals surface area contributed by atoms with Crippen LogP contribution >= 0.6 is 0 Å². The van der Waals surface area contributed by atoms with Crippen molar-refractivity contribution in [3.05, 3.63) is 35.4 Å². The quantitative estimate of drug-likeness (QED) is 0.817. The highest BCUT2D eigenvalue weighted by Crippen LogP contribution is 2.29. The fourth-order valence-corrected chi connectivity index (χ4v) is 1.82. The van der Waals surface area contributed by atoms with Gasteiger partial charge in [0.05, 0.1) is 0 Å². The summed E-state index contributed by atoms with van der Waals surface area (Å²) in [6.45, 7) is 0.740. The molecule has 1 aromatic rings. The average Bonchev–Trinajstić information content (AvgIpc) is 3.13. The molecule has 0 radical (unpaired) electrons. The van der Waals surface area contributed by atoms with Crippen molar-refractivity contribution in [2.75, 3.05) is 6.54 Å². The molecule has 1 aliphatic rings. The zero-order valence-corrected chi connectivity index (χ0v) is 9.90. The summed E-state index contributed by atoms with van der Waals surface area (Å²) < 4.78 is 24.8. The summed E-state index contributed by atoms with van der Waals surface area (Å²) in [6.07, 6.45) is -0.156. The Hall–Kier alpha value is -1.49. The van der Waals surface area contributed by atoms with Gasteiger partial charge in [-0.2, -0.15) is 0 Å². The summed E-state index contributed by atoms with van der Waals surface area (Å²) in [7, 11) is 0. The van der Waals surface area contributed by atoms with Crippen LogP contribution in [0.5, 0.6) is 0 Å². The molecular weight excluding hydrogens is 238 g/mol. The number of halogens is 2. The van der Waals surface area contributed by atoms with Gasteiger partial charge in [0, 0.05) is 5.56 Å². The summed E-state index contributed by atoms with van der Waals surface area (Å²) in [6, 6.07) is 5.11. The van der Waals surface area contributed by atoms with Gasteiger partial charge < -0.3 is 11.1 Å². The van der Waals surface area contributed by atoms with Crippen LogP contribution in [0, 0.1) is 5.92 Å². The van der Waals surface area contributed by atoms with Gasteiger partial charge in [-0.05, 0) is 30.9 Å². The Labute approximate surface area is 104 Å². The van der Waals surface area contributed by atoms with Crippen molar-refractivity contribution < 1.29 is 13.6 Å². The average molecular weight is 254 g/mol. The van der Waals surface area contributed by atoms with Gasteiger partial charge in [-0.3, -0.25) is 4.79 Å². The van der Waals surface area contributed by atoms with E-state index < -0.39 is 18.4 Å². The maximum Gasteiger partial charge on any atom is 0.263 e. The lowest BCUT2D eigenvalue weighted by molar-refractivity contribution is -0.120. The molecule has 98 valence electrons. The summed E-state index contributed by atoms with van der Waals surface area (Å²) in [5.74, 6) is 0.132. The topological polar surface area (TPSA) is 55.1 Å². The first kappa shape index (κ1) is 13.0. The molecule has 0 aliphatic heterocycles. The van der Waals surface area contributed by atoms with Gasteiger partial charge in [0.15, 0.2) is 0 Å². The summed E-state index contributed by atoms with van der Waals surface area (Å²) in [5.41, 5.74) is 5.90. The second-order valence-corrected chi connectivity index (χ2v) is 4.65. The van der Waals surface area contributed by atoms with Crippen LogP contribution in [0.15, 0.2) is 24.3 Å². The maximum absolute atomic E-state index is 12.4. The Kier molecular flexibility index (Phi) is 3.91. The van der Waals surface area contributed by atoms with Crippen molar-refractivity contribution >= 4 is 5.91 Å². The number of benzene rings is 1. The molecule has 18 heavy (non-hydrogen) atoms. The fraction of sp³-hybridized carbons (Fsp3) is 0.462. The SMILES string of the molecule is NC(=O)C(NCC1CC1)c1ccc(C(F)F)cc1. The lowest BCUT2D eigenvalue weighted by atomic mass is 10.0. The Bertz CT molecular complexity index is 416. The summed E-state index contributed by atoms with van der Waals surface area (Å²) in [4.78, 5) is 11.4. The van der Waals surface area contributed by atoms with Crippen LogP contribution in [0.25, 0.3) is 0 Å². The van der Waals surface area contributed by atoms with E-state index in [-0.39, 0.29) is 5.56 Å². The minimum Gasteiger partial charge on any atom is -0.368 e. The van der Waals surface area contributed by atoms with Crippen LogP contribution in [0.4, 0.5) is 8.78 Å². The molecule has 0 saturated heterocycles. The Morgan fingerprint density at radius 1 is 1.28 bits per heavy atom. The van der Waals surface area contributed by atoms with E-state index in [1.807, 2.05) is 0 Å². The zero-order chi connectivity index (χ0) is 13.1. The van der Waals surface area contributed by atoms with Crippen molar-refractivity contribution in [2.24, 2.45) is 11.7 Å². The monoisotopic (exact) mass is 254 g/mol. The Balaban J connectivity index is 2.06. The third-order valence-corrected chi connectivity index (χ3v) is 3.11. The number of hydrogen-bond donors (Lipinski definition) is 2. The molecule has 1 amide bonds.